The molecule has 0 saturated carbocycles. The van der Waals surface area contributed by atoms with Gasteiger partial charge in [-0.3, -0.25) is 4.79 Å². The number of aromatic nitrogens is 1. The van der Waals surface area contributed by atoms with Crippen molar-refractivity contribution in [2.75, 3.05) is 14.2 Å². The van der Waals surface area contributed by atoms with E-state index in [2.05, 4.69) is 23.6 Å². The number of nitrogens with two attached hydrogens (primary N) is 1. The smallest absolute Gasteiger partial charge is 0.251 e. The maximum atomic E-state index is 12.4. The van der Waals surface area contributed by atoms with E-state index in [9.17, 15) is 4.79 Å². The summed E-state index contributed by atoms with van der Waals surface area (Å²) in [5.74, 6) is 1.09. The van der Waals surface area contributed by atoms with Gasteiger partial charge >= 0.3 is 0 Å². The summed E-state index contributed by atoms with van der Waals surface area (Å²) >= 11 is 1.65. The average Bonchev–Trinajstić information content (AvgIpc) is 3.38. The summed E-state index contributed by atoms with van der Waals surface area (Å²) in [5.41, 5.74) is 10.8. The van der Waals surface area contributed by atoms with Gasteiger partial charge in [-0.05, 0) is 55.3 Å². The fraction of sp³-hybridized carbons (Fsp3) is 0.400. The number of benzene rings is 1. The van der Waals surface area contributed by atoms with Gasteiger partial charge in [-0.25, -0.2) is 0 Å². The second-order valence-electron chi connectivity index (χ2n) is 7.67. The van der Waals surface area contributed by atoms with Crippen LogP contribution >= 0.6 is 11.3 Å². The second-order valence-corrected chi connectivity index (χ2v) is 8.62. The van der Waals surface area contributed by atoms with Gasteiger partial charge in [-0.15, -0.1) is 11.3 Å². The summed E-state index contributed by atoms with van der Waals surface area (Å²) in [6.45, 7) is 4.99. The van der Waals surface area contributed by atoms with Crippen molar-refractivity contribution in [2.24, 2.45) is 5.73 Å². The molecule has 0 aliphatic carbocycles. The van der Waals surface area contributed by atoms with Crippen molar-refractivity contribution in [2.45, 2.75) is 52.5 Å². The Bertz CT molecular complexity index is 1020. The molecule has 166 valence electrons. The molecule has 0 radical (unpaired) electrons. The lowest BCUT2D eigenvalue weighted by atomic mass is 10.0. The van der Waals surface area contributed by atoms with Gasteiger partial charge in [0.05, 0.1) is 19.8 Å². The van der Waals surface area contributed by atoms with E-state index >= 15 is 0 Å². The Labute approximate surface area is 188 Å². The van der Waals surface area contributed by atoms with E-state index in [1.165, 1.54) is 5.69 Å². The highest BCUT2D eigenvalue weighted by Gasteiger charge is 2.25. The molecule has 0 bridgehead atoms. The Morgan fingerprint density at radius 3 is 2.48 bits per heavy atom. The fourth-order valence-electron chi connectivity index (χ4n) is 4.17. The highest BCUT2D eigenvalue weighted by atomic mass is 32.1. The number of rotatable bonds is 11. The van der Waals surface area contributed by atoms with E-state index in [1.54, 1.807) is 25.6 Å². The van der Waals surface area contributed by atoms with Crippen LogP contribution in [0.3, 0.4) is 0 Å². The Hall–Kier alpha value is -2.73. The number of nitrogens with zero attached hydrogens (tertiary/aromatic N) is 1. The first-order valence-electron chi connectivity index (χ1n) is 10.8. The summed E-state index contributed by atoms with van der Waals surface area (Å²) < 4.78 is 13.1. The number of carbonyl (C=O) groups is 1. The van der Waals surface area contributed by atoms with Crippen LogP contribution < -0.4 is 15.2 Å². The third-order valence-electron chi connectivity index (χ3n) is 5.73. The zero-order chi connectivity index (χ0) is 22.4. The Balaban J connectivity index is 2.00. The van der Waals surface area contributed by atoms with Gasteiger partial charge in [0.15, 0.2) is 11.5 Å². The minimum atomic E-state index is -0.359. The molecule has 0 unspecified atom stereocenters. The number of amides is 1. The minimum absolute atomic E-state index is 0.359. The van der Waals surface area contributed by atoms with Crippen molar-refractivity contribution < 1.29 is 14.3 Å². The van der Waals surface area contributed by atoms with Crippen molar-refractivity contribution in [3.63, 3.8) is 0 Å². The molecule has 0 aliphatic heterocycles. The first kappa shape index (κ1) is 22.9. The molecule has 0 spiro atoms. The van der Waals surface area contributed by atoms with Crippen LogP contribution in [0.15, 0.2) is 35.7 Å². The molecule has 1 aromatic carbocycles. The van der Waals surface area contributed by atoms with Gasteiger partial charge in [0.1, 0.15) is 0 Å². The highest BCUT2D eigenvalue weighted by molar-refractivity contribution is 7.13. The topological polar surface area (TPSA) is 66.5 Å². The molecule has 3 rings (SSSR count). The number of thiophene rings is 1. The molecule has 0 atom stereocenters. The second kappa shape index (κ2) is 10.5. The van der Waals surface area contributed by atoms with Gasteiger partial charge in [0.2, 0.25) is 0 Å². The van der Waals surface area contributed by atoms with Crippen LogP contribution in [-0.2, 0) is 19.4 Å². The zero-order valence-corrected chi connectivity index (χ0v) is 19.7. The third kappa shape index (κ3) is 4.96. The number of ether oxygens (including phenoxy) is 2. The summed E-state index contributed by atoms with van der Waals surface area (Å²) in [5, 5.41) is 2.05. The Morgan fingerprint density at radius 1 is 1.10 bits per heavy atom. The first-order valence-corrected chi connectivity index (χ1v) is 11.7. The lowest BCUT2D eigenvalue weighted by Crippen LogP contribution is -2.13. The molecule has 0 saturated heterocycles. The average molecular weight is 441 g/mol. The number of methoxy groups -OCH3 is 2. The van der Waals surface area contributed by atoms with E-state index in [-0.39, 0.29) is 5.91 Å². The van der Waals surface area contributed by atoms with Gasteiger partial charge in [-0.1, -0.05) is 31.9 Å². The van der Waals surface area contributed by atoms with Gasteiger partial charge in [0, 0.05) is 28.4 Å². The molecule has 0 aliphatic rings. The predicted octanol–water partition coefficient (Wildman–Crippen LogP) is 5.62. The van der Waals surface area contributed by atoms with Crippen LogP contribution in [0, 0.1) is 6.92 Å². The van der Waals surface area contributed by atoms with Crippen LogP contribution in [-0.4, -0.2) is 24.7 Å². The third-order valence-corrected chi connectivity index (χ3v) is 6.62. The summed E-state index contributed by atoms with van der Waals surface area (Å²) in [6, 6.07) is 10.1. The summed E-state index contributed by atoms with van der Waals surface area (Å²) in [7, 11) is 3.29. The molecule has 2 N–H and O–H groups in total. The summed E-state index contributed by atoms with van der Waals surface area (Å²) in [4.78, 5) is 13.5. The van der Waals surface area contributed by atoms with Gasteiger partial charge in [0.25, 0.3) is 5.91 Å². The summed E-state index contributed by atoms with van der Waals surface area (Å²) in [6.07, 6.45) is 5.16. The number of aryl methyl sites for hydroxylation is 1. The van der Waals surface area contributed by atoms with Crippen LogP contribution in [0.25, 0.3) is 10.4 Å². The number of carbonyl (C=O) groups excluding carboxylic acids is 1. The SMILES string of the molecule is CCCCCc1c(-c2cccs2)c(C(N)=O)c(C)n1CCc1ccc(OC)c(OC)c1. The van der Waals surface area contributed by atoms with E-state index < -0.39 is 0 Å². The molecule has 2 heterocycles. The maximum absolute atomic E-state index is 12.4. The quantitative estimate of drug-likeness (QED) is 0.394. The number of hydrogen-bond donors (Lipinski definition) is 1. The standard InChI is InChI=1S/C25H32N2O3S/c1-5-6-7-9-19-24(22-10-8-15-31-22)23(25(26)28)17(2)27(19)14-13-18-11-12-20(29-3)21(16-18)30-4/h8,10-12,15-16H,5-7,9,13-14H2,1-4H3,(H2,26,28). The van der Waals surface area contributed by atoms with Crippen molar-refractivity contribution in [1.29, 1.82) is 0 Å². The van der Waals surface area contributed by atoms with Crippen molar-refractivity contribution in [1.82, 2.24) is 4.57 Å². The molecule has 0 fully saturated rings. The van der Waals surface area contributed by atoms with E-state index in [4.69, 9.17) is 15.2 Å². The first-order chi connectivity index (χ1) is 15.0. The molecule has 5 nitrogen and oxygen atoms in total. The van der Waals surface area contributed by atoms with Crippen LogP contribution in [0.4, 0.5) is 0 Å². The molecule has 1 amide bonds. The largest absolute Gasteiger partial charge is 0.493 e. The Kier molecular flexibility index (Phi) is 7.80. The molecular formula is C25H32N2O3S. The van der Waals surface area contributed by atoms with Crippen LogP contribution in [0.1, 0.15) is 53.5 Å². The van der Waals surface area contributed by atoms with Gasteiger partial charge in [-0.2, -0.15) is 0 Å². The molecule has 6 heteroatoms. The van der Waals surface area contributed by atoms with Crippen molar-refractivity contribution in [3.8, 4) is 21.9 Å². The van der Waals surface area contributed by atoms with Crippen LogP contribution in [0.2, 0.25) is 0 Å². The van der Waals surface area contributed by atoms with Crippen LogP contribution in [0.5, 0.6) is 11.5 Å². The molecule has 31 heavy (non-hydrogen) atoms. The van der Waals surface area contributed by atoms with Gasteiger partial charge < -0.3 is 19.8 Å². The van der Waals surface area contributed by atoms with Crippen molar-refractivity contribution >= 4 is 17.2 Å². The normalized spacial score (nSPS) is 11.0. The zero-order valence-electron chi connectivity index (χ0n) is 18.9. The number of hydrogen-bond acceptors (Lipinski definition) is 4. The molecule has 2 aromatic heterocycles. The molecule has 3 aromatic rings. The highest BCUT2D eigenvalue weighted by Crippen LogP contribution is 2.37. The Morgan fingerprint density at radius 2 is 1.87 bits per heavy atom. The fourth-order valence-corrected chi connectivity index (χ4v) is 4.97. The lowest BCUT2D eigenvalue weighted by Gasteiger charge is -2.14. The van der Waals surface area contributed by atoms with E-state index in [0.717, 1.165) is 71.8 Å². The molecular weight excluding hydrogens is 408 g/mol. The van der Waals surface area contributed by atoms with E-state index in [1.807, 2.05) is 30.5 Å². The minimum Gasteiger partial charge on any atom is -0.493 e. The monoisotopic (exact) mass is 440 g/mol. The predicted molar refractivity (Wildman–Crippen MR) is 127 cm³/mol. The lowest BCUT2D eigenvalue weighted by molar-refractivity contribution is 0.1000. The maximum Gasteiger partial charge on any atom is 0.251 e. The number of unbranched alkanes of at least 4 members (excludes halogenated alkanes) is 2. The number of primary amides is 1. The van der Waals surface area contributed by atoms with Crippen molar-refractivity contribution in [3.05, 3.63) is 58.2 Å². The van der Waals surface area contributed by atoms with E-state index in [0.29, 0.717) is 5.56 Å².